The summed E-state index contributed by atoms with van der Waals surface area (Å²) in [6, 6.07) is 17.6. The molecule has 26 heavy (non-hydrogen) atoms. The van der Waals surface area contributed by atoms with E-state index in [1.54, 1.807) is 20.5 Å². The van der Waals surface area contributed by atoms with E-state index >= 15 is 0 Å². The van der Waals surface area contributed by atoms with Crippen LogP contribution in [0.5, 0.6) is 11.5 Å². The molecule has 0 unspecified atom stereocenters. The molecule has 1 aromatic heterocycles. The lowest BCUT2D eigenvalue weighted by Crippen LogP contribution is -2.07. The normalized spacial score (nSPS) is 10.2. The standard InChI is InChI=1S/C20H22N4O2/c1-25-17-8-6-16(7-9-17)24-20-13-19(22-14-23-20)21-11-10-15-4-3-5-18(12-15)26-2/h3-9,12-14H,10-11H2,1-2H3,(H2,21,22,23,24). The van der Waals surface area contributed by atoms with Gasteiger partial charge in [0.05, 0.1) is 14.2 Å². The second-order valence-electron chi connectivity index (χ2n) is 5.67. The number of benzene rings is 2. The molecule has 6 nitrogen and oxygen atoms in total. The summed E-state index contributed by atoms with van der Waals surface area (Å²) < 4.78 is 10.4. The van der Waals surface area contributed by atoms with E-state index in [1.807, 2.05) is 48.5 Å². The molecule has 3 rings (SSSR count). The van der Waals surface area contributed by atoms with E-state index in [4.69, 9.17) is 9.47 Å². The highest BCUT2D eigenvalue weighted by molar-refractivity contribution is 5.59. The highest BCUT2D eigenvalue weighted by atomic mass is 16.5. The maximum absolute atomic E-state index is 5.25. The van der Waals surface area contributed by atoms with Crippen molar-refractivity contribution < 1.29 is 9.47 Å². The van der Waals surface area contributed by atoms with Crippen molar-refractivity contribution in [3.05, 3.63) is 66.5 Å². The van der Waals surface area contributed by atoms with Gasteiger partial charge in [-0.2, -0.15) is 0 Å². The minimum absolute atomic E-state index is 0.731. The van der Waals surface area contributed by atoms with Crippen LogP contribution in [0.3, 0.4) is 0 Å². The van der Waals surface area contributed by atoms with Crippen LogP contribution < -0.4 is 20.1 Å². The van der Waals surface area contributed by atoms with E-state index in [2.05, 4.69) is 26.7 Å². The second-order valence-corrected chi connectivity index (χ2v) is 5.67. The fourth-order valence-corrected chi connectivity index (χ4v) is 2.51. The lowest BCUT2D eigenvalue weighted by molar-refractivity contribution is 0.414. The molecule has 0 bridgehead atoms. The van der Waals surface area contributed by atoms with Crippen molar-refractivity contribution in [2.75, 3.05) is 31.4 Å². The third kappa shape index (κ3) is 4.86. The minimum atomic E-state index is 0.731. The fourth-order valence-electron chi connectivity index (χ4n) is 2.51. The summed E-state index contributed by atoms with van der Waals surface area (Å²) in [5, 5.41) is 6.58. The first-order valence-electron chi connectivity index (χ1n) is 8.37. The highest BCUT2D eigenvalue weighted by Gasteiger charge is 2.01. The van der Waals surface area contributed by atoms with Crippen LogP contribution in [0.25, 0.3) is 0 Å². The van der Waals surface area contributed by atoms with Crippen molar-refractivity contribution in [3.63, 3.8) is 0 Å². The lowest BCUT2D eigenvalue weighted by atomic mass is 10.1. The first-order chi connectivity index (χ1) is 12.8. The molecule has 0 radical (unpaired) electrons. The van der Waals surface area contributed by atoms with Crippen LogP contribution in [-0.2, 0) is 6.42 Å². The Morgan fingerprint density at radius 3 is 2.38 bits per heavy atom. The molecule has 0 saturated carbocycles. The number of methoxy groups -OCH3 is 2. The number of rotatable bonds is 8. The molecule has 0 aliphatic carbocycles. The number of hydrogen-bond donors (Lipinski definition) is 2. The third-order valence-corrected chi connectivity index (χ3v) is 3.88. The molecule has 0 atom stereocenters. The van der Waals surface area contributed by atoms with Gasteiger partial charge in [-0.3, -0.25) is 0 Å². The Morgan fingerprint density at radius 2 is 1.62 bits per heavy atom. The molecule has 0 amide bonds. The Kier molecular flexibility index (Phi) is 5.88. The molecule has 2 N–H and O–H groups in total. The molecule has 0 fully saturated rings. The Labute approximate surface area is 153 Å². The van der Waals surface area contributed by atoms with Gasteiger partial charge < -0.3 is 20.1 Å². The Bertz CT molecular complexity index is 837. The van der Waals surface area contributed by atoms with E-state index < -0.39 is 0 Å². The van der Waals surface area contributed by atoms with Gasteiger partial charge in [-0.25, -0.2) is 9.97 Å². The third-order valence-electron chi connectivity index (χ3n) is 3.88. The van der Waals surface area contributed by atoms with Crippen LogP contribution in [0.1, 0.15) is 5.56 Å². The molecule has 0 aliphatic rings. The Balaban J connectivity index is 1.56. The zero-order valence-electron chi connectivity index (χ0n) is 14.9. The number of nitrogens with one attached hydrogen (secondary N) is 2. The van der Waals surface area contributed by atoms with Gasteiger partial charge in [0.2, 0.25) is 0 Å². The topological polar surface area (TPSA) is 68.3 Å². The summed E-state index contributed by atoms with van der Waals surface area (Å²) in [5.74, 6) is 3.20. The van der Waals surface area contributed by atoms with E-state index in [9.17, 15) is 0 Å². The first-order valence-corrected chi connectivity index (χ1v) is 8.37. The van der Waals surface area contributed by atoms with Gasteiger partial charge in [-0.1, -0.05) is 12.1 Å². The van der Waals surface area contributed by atoms with Crippen LogP contribution in [0.2, 0.25) is 0 Å². The molecule has 0 aliphatic heterocycles. The van der Waals surface area contributed by atoms with Gasteiger partial charge in [0.15, 0.2) is 0 Å². The Hall–Kier alpha value is -3.28. The van der Waals surface area contributed by atoms with Crippen LogP contribution >= 0.6 is 0 Å². The van der Waals surface area contributed by atoms with Crippen molar-refractivity contribution >= 4 is 17.3 Å². The van der Waals surface area contributed by atoms with E-state index in [-0.39, 0.29) is 0 Å². The molecular weight excluding hydrogens is 328 g/mol. The Morgan fingerprint density at radius 1 is 0.846 bits per heavy atom. The van der Waals surface area contributed by atoms with Gasteiger partial charge in [0.25, 0.3) is 0 Å². The van der Waals surface area contributed by atoms with Crippen molar-refractivity contribution in [3.8, 4) is 11.5 Å². The number of hydrogen-bond acceptors (Lipinski definition) is 6. The summed E-state index contributed by atoms with van der Waals surface area (Å²) in [7, 11) is 3.33. The average Bonchev–Trinajstić information content (AvgIpc) is 2.69. The van der Waals surface area contributed by atoms with Gasteiger partial charge >= 0.3 is 0 Å². The van der Waals surface area contributed by atoms with Crippen LogP contribution in [0.4, 0.5) is 17.3 Å². The molecule has 3 aromatic rings. The minimum Gasteiger partial charge on any atom is -0.497 e. The van der Waals surface area contributed by atoms with Gasteiger partial charge in [-0.15, -0.1) is 0 Å². The molecule has 2 aromatic carbocycles. The SMILES string of the molecule is COc1ccc(Nc2cc(NCCc3cccc(OC)c3)ncn2)cc1. The average molecular weight is 350 g/mol. The summed E-state index contributed by atoms with van der Waals surface area (Å²) in [6.45, 7) is 0.770. The smallest absolute Gasteiger partial charge is 0.135 e. The quantitative estimate of drug-likeness (QED) is 0.642. The molecule has 0 spiro atoms. The predicted octanol–water partition coefficient (Wildman–Crippen LogP) is 3.89. The van der Waals surface area contributed by atoms with Crippen molar-refractivity contribution in [1.82, 2.24) is 9.97 Å². The zero-order valence-corrected chi connectivity index (χ0v) is 14.9. The summed E-state index contributed by atoms with van der Waals surface area (Å²) in [4.78, 5) is 8.52. The van der Waals surface area contributed by atoms with Crippen molar-refractivity contribution in [2.45, 2.75) is 6.42 Å². The van der Waals surface area contributed by atoms with Gasteiger partial charge in [-0.05, 0) is 48.4 Å². The zero-order chi connectivity index (χ0) is 18.2. The second kappa shape index (κ2) is 8.71. The summed E-state index contributed by atoms with van der Waals surface area (Å²) in [5.41, 5.74) is 2.15. The fraction of sp³-hybridized carbons (Fsp3) is 0.200. The highest BCUT2D eigenvalue weighted by Crippen LogP contribution is 2.19. The van der Waals surface area contributed by atoms with E-state index in [1.165, 1.54) is 5.56 Å². The van der Waals surface area contributed by atoms with Gasteiger partial charge in [0, 0.05) is 18.3 Å². The van der Waals surface area contributed by atoms with Crippen LogP contribution in [-0.4, -0.2) is 30.7 Å². The number of ether oxygens (including phenoxy) is 2. The van der Waals surface area contributed by atoms with E-state index in [0.29, 0.717) is 0 Å². The number of nitrogens with zero attached hydrogens (tertiary/aromatic N) is 2. The van der Waals surface area contributed by atoms with E-state index in [0.717, 1.165) is 41.8 Å². The maximum atomic E-state index is 5.25. The van der Waals surface area contributed by atoms with Gasteiger partial charge in [0.1, 0.15) is 29.5 Å². The largest absolute Gasteiger partial charge is 0.497 e. The predicted molar refractivity (Wildman–Crippen MR) is 103 cm³/mol. The molecule has 1 heterocycles. The van der Waals surface area contributed by atoms with Crippen LogP contribution in [0.15, 0.2) is 60.9 Å². The lowest BCUT2D eigenvalue weighted by Gasteiger charge is -2.09. The number of aromatic nitrogens is 2. The summed E-state index contributed by atoms with van der Waals surface area (Å²) in [6.07, 6.45) is 2.42. The molecule has 0 saturated heterocycles. The first kappa shape index (κ1) is 17.5. The molecule has 6 heteroatoms. The monoisotopic (exact) mass is 350 g/mol. The molecular formula is C20H22N4O2. The number of anilines is 3. The summed E-state index contributed by atoms with van der Waals surface area (Å²) >= 11 is 0. The molecule has 134 valence electrons. The van der Waals surface area contributed by atoms with Crippen LogP contribution in [0, 0.1) is 0 Å². The van der Waals surface area contributed by atoms with Crippen molar-refractivity contribution in [1.29, 1.82) is 0 Å². The van der Waals surface area contributed by atoms with Crippen molar-refractivity contribution in [2.24, 2.45) is 0 Å². The maximum Gasteiger partial charge on any atom is 0.135 e.